The van der Waals surface area contributed by atoms with Crippen molar-refractivity contribution < 1.29 is 19.7 Å². The lowest BCUT2D eigenvalue weighted by molar-refractivity contribution is 0.153. The normalized spacial score (nSPS) is 9.73. The van der Waals surface area contributed by atoms with Crippen LogP contribution < -0.4 is 4.74 Å². The number of nitrogens with zero attached hydrogens (tertiary/aromatic N) is 1. The van der Waals surface area contributed by atoms with Crippen molar-refractivity contribution in [2.45, 2.75) is 6.54 Å². The zero-order valence-corrected chi connectivity index (χ0v) is 8.60. The second kappa shape index (κ2) is 4.54. The highest BCUT2D eigenvalue weighted by Gasteiger charge is 2.07. The van der Waals surface area contributed by atoms with Crippen LogP contribution in [0.25, 0.3) is 0 Å². The number of ether oxygens (including phenoxy) is 1. The minimum Gasteiger partial charge on any atom is -0.508 e. The van der Waals surface area contributed by atoms with Crippen LogP contribution in [0.1, 0.15) is 5.56 Å². The number of carboxylic acid groups (broad SMARTS) is 1. The molecule has 1 rings (SSSR count). The lowest BCUT2D eigenvalue weighted by atomic mass is 10.2. The number of methoxy groups -OCH3 is 1. The molecule has 0 aliphatic carbocycles. The molecule has 1 aromatic carbocycles. The van der Waals surface area contributed by atoms with Crippen LogP contribution in [0.4, 0.5) is 4.79 Å². The van der Waals surface area contributed by atoms with Gasteiger partial charge in [-0.2, -0.15) is 0 Å². The van der Waals surface area contributed by atoms with Crippen LogP contribution in [0.2, 0.25) is 0 Å². The van der Waals surface area contributed by atoms with Gasteiger partial charge >= 0.3 is 6.09 Å². The van der Waals surface area contributed by atoms with E-state index in [1.807, 2.05) is 0 Å². The Morgan fingerprint density at radius 1 is 1.47 bits per heavy atom. The van der Waals surface area contributed by atoms with Gasteiger partial charge in [0.2, 0.25) is 0 Å². The summed E-state index contributed by atoms with van der Waals surface area (Å²) in [6.45, 7) is 0.208. The molecule has 0 radical (unpaired) electrons. The maximum atomic E-state index is 10.6. The first-order valence-corrected chi connectivity index (χ1v) is 4.34. The van der Waals surface area contributed by atoms with E-state index in [0.29, 0.717) is 11.3 Å². The van der Waals surface area contributed by atoms with Crippen molar-refractivity contribution in [3.05, 3.63) is 23.8 Å². The standard InChI is InChI=1S/C10H13NO4/c1-11(10(13)14)6-7-3-8(12)5-9(4-7)15-2/h3-5,12H,6H2,1-2H3,(H,13,14). The van der Waals surface area contributed by atoms with Crippen molar-refractivity contribution in [1.82, 2.24) is 4.90 Å². The SMILES string of the molecule is COc1cc(O)cc(CN(C)C(=O)O)c1. The molecule has 0 fully saturated rings. The molecule has 0 saturated heterocycles. The fourth-order valence-electron chi connectivity index (χ4n) is 1.19. The lowest BCUT2D eigenvalue weighted by Crippen LogP contribution is -2.23. The van der Waals surface area contributed by atoms with Crippen LogP contribution >= 0.6 is 0 Å². The van der Waals surface area contributed by atoms with E-state index >= 15 is 0 Å². The molecule has 0 heterocycles. The van der Waals surface area contributed by atoms with Gasteiger partial charge in [0.15, 0.2) is 0 Å². The van der Waals surface area contributed by atoms with Gasteiger partial charge in [0, 0.05) is 19.7 Å². The van der Waals surface area contributed by atoms with E-state index in [1.54, 1.807) is 6.07 Å². The van der Waals surface area contributed by atoms with Gasteiger partial charge < -0.3 is 19.8 Å². The van der Waals surface area contributed by atoms with Crippen LogP contribution in [0.5, 0.6) is 11.5 Å². The number of rotatable bonds is 3. The third-order valence-electron chi connectivity index (χ3n) is 1.93. The largest absolute Gasteiger partial charge is 0.508 e. The zero-order valence-electron chi connectivity index (χ0n) is 8.60. The minimum absolute atomic E-state index is 0.0585. The second-order valence-corrected chi connectivity index (χ2v) is 3.18. The van der Waals surface area contributed by atoms with E-state index < -0.39 is 6.09 Å². The highest BCUT2D eigenvalue weighted by atomic mass is 16.5. The Kier molecular flexibility index (Phi) is 3.38. The lowest BCUT2D eigenvalue weighted by Gasteiger charge is -2.13. The monoisotopic (exact) mass is 211 g/mol. The van der Waals surface area contributed by atoms with Gasteiger partial charge in [-0.1, -0.05) is 0 Å². The van der Waals surface area contributed by atoms with E-state index in [2.05, 4.69) is 0 Å². The summed E-state index contributed by atoms with van der Waals surface area (Å²) >= 11 is 0. The molecule has 0 aliphatic heterocycles. The number of hydrogen-bond acceptors (Lipinski definition) is 3. The Labute approximate surface area is 87.5 Å². The maximum absolute atomic E-state index is 10.6. The summed E-state index contributed by atoms with van der Waals surface area (Å²) in [5, 5.41) is 18.0. The maximum Gasteiger partial charge on any atom is 0.407 e. The van der Waals surface area contributed by atoms with Crippen LogP contribution in [0.3, 0.4) is 0 Å². The third kappa shape index (κ3) is 3.05. The van der Waals surface area contributed by atoms with E-state index in [9.17, 15) is 9.90 Å². The quantitative estimate of drug-likeness (QED) is 0.795. The molecule has 1 amide bonds. The van der Waals surface area contributed by atoms with Gasteiger partial charge in [-0.3, -0.25) is 0 Å². The minimum atomic E-state index is -1.02. The molecule has 0 aromatic heterocycles. The highest BCUT2D eigenvalue weighted by Crippen LogP contribution is 2.22. The molecule has 0 unspecified atom stereocenters. The summed E-state index contributed by atoms with van der Waals surface area (Å²) in [5.74, 6) is 0.562. The Bertz CT molecular complexity index is 364. The van der Waals surface area contributed by atoms with Gasteiger partial charge in [-0.05, 0) is 17.7 Å². The molecule has 0 spiro atoms. The van der Waals surface area contributed by atoms with Crippen molar-refractivity contribution in [1.29, 1.82) is 0 Å². The van der Waals surface area contributed by atoms with Crippen molar-refractivity contribution in [2.24, 2.45) is 0 Å². The van der Waals surface area contributed by atoms with Crippen molar-refractivity contribution in [3.63, 3.8) is 0 Å². The van der Waals surface area contributed by atoms with E-state index in [4.69, 9.17) is 9.84 Å². The number of carbonyl (C=O) groups is 1. The summed E-state index contributed by atoms with van der Waals surface area (Å²) in [6, 6.07) is 4.64. The smallest absolute Gasteiger partial charge is 0.407 e. The Hall–Kier alpha value is -1.91. The summed E-state index contributed by atoms with van der Waals surface area (Å²) < 4.78 is 4.95. The van der Waals surface area contributed by atoms with Crippen molar-refractivity contribution in [3.8, 4) is 11.5 Å². The summed E-state index contributed by atoms with van der Waals surface area (Å²) in [4.78, 5) is 11.7. The van der Waals surface area contributed by atoms with Crippen LogP contribution in [0.15, 0.2) is 18.2 Å². The van der Waals surface area contributed by atoms with Crippen LogP contribution in [0, 0.1) is 0 Å². The van der Waals surface area contributed by atoms with Crippen LogP contribution in [-0.2, 0) is 6.54 Å². The molecule has 0 bridgehead atoms. The topological polar surface area (TPSA) is 70.0 Å². The Balaban J connectivity index is 2.85. The van der Waals surface area contributed by atoms with Crippen molar-refractivity contribution >= 4 is 6.09 Å². The molecule has 0 saturated carbocycles. The number of amides is 1. The van der Waals surface area contributed by atoms with Crippen molar-refractivity contribution in [2.75, 3.05) is 14.2 Å². The third-order valence-corrected chi connectivity index (χ3v) is 1.93. The highest BCUT2D eigenvalue weighted by molar-refractivity contribution is 5.64. The predicted molar refractivity (Wildman–Crippen MR) is 54.2 cm³/mol. The second-order valence-electron chi connectivity index (χ2n) is 3.18. The molecule has 5 nitrogen and oxygen atoms in total. The molecular weight excluding hydrogens is 198 g/mol. The van der Waals surface area contributed by atoms with Gasteiger partial charge in [0.05, 0.1) is 7.11 Å². The summed E-state index contributed by atoms with van der Waals surface area (Å²) in [6.07, 6.45) is -1.02. The molecular formula is C10H13NO4. The summed E-state index contributed by atoms with van der Waals surface area (Å²) in [7, 11) is 2.94. The van der Waals surface area contributed by atoms with Crippen LogP contribution in [-0.4, -0.2) is 35.4 Å². The van der Waals surface area contributed by atoms with Gasteiger partial charge in [0.25, 0.3) is 0 Å². The van der Waals surface area contributed by atoms with E-state index in [0.717, 1.165) is 4.90 Å². The molecule has 15 heavy (non-hydrogen) atoms. The van der Waals surface area contributed by atoms with Gasteiger partial charge in [-0.25, -0.2) is 4.79 Å². The van der Waals surface area contributed by atoms with Gasteiger partial charge in [0.1, 0.15) is 11.5 Å². The fourth-order valence-corrected chi connectivity index (χ4v) is 1.19. The van der Waals surface area contributed by atoms with E-state index in [-0.39, 0.29) is 12.3 Å². The van der Waals surface area contributed by atoms with Gasteiger partial charge in [-0.15, -0.1) is 0 Å². The molecule has 1 aromatic rings. The average Bonchev–Trinajstić information content (AvgIpc) is 2.16. The molecule has 0 atom stereocenters. The number of phenolic OH excluding ortho intramolecular Hbond substituents is 1. The number of benzene rings is 1. The number of phenols is 1. The van der Waals surface area contributed by atoms with E-state index in [1.165, 1.54) is 26.3 Å². The number of aromatic hydroxyl groups is 1. The molecule has 2 N–H and O–H groups in total. The Morgan fingerprint density at radius 2 is 2.13 bits per heavy atom. The first-order chi connectivity index (χ1) is 7.02. The predicted octanol–water partition coefficient (Wildman–Crippen LogP) is 1.51. The number of hydrogen-bond donors (Lipinski definition) is 2. The first-order valence-electron chi connectivity index (χ1n) is 4.34. The molecule has 5 heteroatoms. The first kappa shape index (κ1) is 11.2. The molecule has 82 valence electrons. The fraction of sp³-hybridized carbons (Fsp3) is 0.300. The Morgan fingerprint density at radius 3 is 2.67 bits per heavy atom. The molecule has 0 aliphatic rings. The zero-order chi connectivity index (χ0) is 11.4. The average molecular weight is 211 g/mol. The summed E-state index contributed by atoms with van der Waals surface area (Å²) in [5.41, 5.74) is 0.678.